The third kappa shape index (κ3) is 4.49. The molecule has 1 fully saturated rings. The molecule has 0 unspecified atom stereocenters. The van der Waals surface area contributed by atoms with Crippen molar-refractivity contribution in [2.75, 3.05) is 13.2 Å². The van der Waals surface area contributed by atoms with Gasteiger partial charge in [-0.2, -0.15) is 0 Å². The summed E-state index contributed by atoms with van der Waals surface area (Å²) in [6.45, 7) is 4.90. The molecule has 0 saturated carbocycles. The van der Waals surface area contributed by atoms with Crippen LogP contribution in [0.4, 0.5) is 0 Å². The molecule has 0 amide bonds. The first-order valence-electron chi connectivity index (χ1n) is 6.71. The van der Waals surface area contributed by atoms with Crippen molar-refractivity contribution in [1.29, 1.82) is 0 Å². The minimum Gasteiger partial charge on any atom is -0.377 e. The van der Waals surface area contributed by atoms with Gasteiger partial charge in [0.25, 0.3) is 0 Å². The molecular weight excluding hydrogens is 210 g/mol. The van der Waals surface area contributed by atoms with E-state index in [9.17, 15) is 0 Å². The van der Waals surface area contributed by atoms with Crippen LogP contribution in [0.5, 0.6) is 0 Å². The SMILES string of the molecule is Cc1ccc(COCC[C@@H]2CCCCN2)cc1. The average molecular weight is 233 g/mol. The Labute approximate surface area is 104 Å². The molecule has 1 saturated heterocycles. The number of ether oxygens (including phenoxy) is 1. The van der Waals surface area contributed by atoms with E-state index in [0.29, 0.717) is 6.04 Å². The fourth-order valence-corrected chi connectivity index (χ4v) is 2.27. The Hall–Kier alpha value is -0.860. The van der Waals surface area contributed by atoms with Gasteiger partial charge in [-0.05, 0) is 38.3 Å². The van der Waals surface area contributed by atoms with Gasteiger partial charge in [0.2, 0.25) is 0 Å². The fraction of sp³-hybridized carbons (Fsp3) is 0.600. The van der Waals surface area contributed by atoms with Crippen molar-refractivity contribution < 1.29 is 4.74 Å². The molecule has 1 aromatic carbocycles. The summed E-state index contributed by atoms with van der Waals surface area (Å²) in [4.78, 5) is 0. The lowest BCUT2D eigenvalue weighted by Gasteiger charge is -2.23. The maximum absolute atomic E-state index is 5.72. The summed E-state index contributed by atoms with van der Waals surface area (Å²) in [6.07, 6.45) is 5.16. The predicted octanol–water partition coefficient (Wildman–Crippen LogP) is 3.04. The number of benzene rings is 1. The number of rotatable bonds is 5. The Morgan fingerprint density at radius 1 is 1.24 bits per heavy atom. The lowest BCUT2D eigenvalue weighted by Crippen LogP contribution is -2.34. The topological polar surface area (TPSA) is 21.3 Å². The highest BCUT2D eigenvalue weighted by atomic mass is 16.5. The van der Waals surface area contributed by atoms with Crippen LogP contribution in [0.25, 0.3) is 0 Å². The second-order valence-corrected chi connectivity index (χ2v) is 4.97. The van der Waals surface area contributed by atoms with Crippen molar-refractivity contribution in [1.82, 2.24) is 5.32 Å². The molecule has 0 radical (unpaired) electrons. The van der Waals surface area contributed by atoms with Gasteiger partial charge in [-0.15, -0.1) is 0 Å². The molecule has 2 heteroatoms. The molecule has 1 heterocycles. The highest BCUT2D eigenvalue weighted by Crippen LogP contribution is 2.10. The third-order valence-corrected chi connectivity index (χ3v) is 3.41. The normalized spacial score (nSPS) is 20.4. The zero-order valence-corrected chi connectivity index (χ0v) is 10.7. The van der Waals surface area contributed by atoms with Gasteiger partial charge in [-0.1, -0.05) is 36.2 Å². The van der Waals surface area contributed by atoms with Gasteiger partial charge in [0.05, 0.1) is 6.61 Å². The largest absolute Gasteiger partial charge is 0.377 e. The maximum Gasteiger partial charge on any atom is 0.0716 e. The Kier molecular flexibility index (Phi) is 5.02. The summed E-state index contributed by atoms with van der Waals surface area (Å²) in [5.74, 6) is 0. The Morgan fingerprint density at radius 2 is 2.06 bits per heavy atom. The number of hydrogen-bond donors (Lipinski definition) is 1. The summed E-state index contributed by atoms with van der Waals surface area (Å²) in [5, 5.41) is 3.55. The number of nitrogens with one attached hydrogen (secondary N) is 1. The van der Waals surface area contributed by atoms with E-state index >= 15 is 0 Å². The van der Waals surface area contributed by atoms with Crippen molar-refractivity contribution in [3.63, 3.8) is 0 Å². The van der Waals surface area contributed by atoms with Crippen LogP contribution in [0.2, 0.25) is 0 Å². The first kappa shape index (κ1) is 12.6. The fourth-order valence-electron chi connectivity index (χ4n) is 2.27. The van der Waals surface area contributed by atoms with Gasteiger partial charge >= 0.3 is 0 Å². The molecule has 1 atom stereocenters. The van der Waals surface area contributed by atoms with Crippen molar-refractivity contribution >= 4 is 0 Å². The molecule has 1 aliphatic rings. The van der Waals surface area contributed by atoms with Crippen LogP contribution < -0.4 is 5.32 Å². The molecule has 0 aliphatic carbocycles. The van der Waals surface area contributed by atoms with Crippen LogP contribution in [-0.4, -0.2) is 19.2 Å². The molecule has 2 rings (SSSR count). The highest BCUT2D eigenvalue weighted by molar-refractivity contribution is 5.20. The van der Waals surface area contributed by atoms with E-state index in [1.807, 2.05) is 0 Å². The first-order valence-corrected chi connectivity index (χ1v) is 6.71. The molecule has 1 aromatic rings. The van der Waals surface area contributed by atoms with Crippen LogP contribution in [-0.2, 0) is 11.3 Å². The number of piperidine rings is 1. The zero-order valence-electron chi connectivity index (χ0n) is 10.7. The lowest BCUT2D eigenvalue weighted by molar-refractivity contribution is 0.108. The van der Waals surface area contributed by atoms with Gasteiger partial charge in [0, 0.05) is 12.6 Å². The van der Waals surface area contributed by atoms with E-state index in [-0.39, 0.29) is 0 Å². The smallest absolute Gasteiger partial charge is 0.0716 e. The van der Waals surface area contributed by atoms with Crippen molar-refractivity contribution in [2.45, 2.75) is 45.3 Å². The molecule has 94 valence electrons. The van der Waals surface area contributed by atoms with Crippen molar-refractivity contribution in [2.24, 2.45) is 0 Å². The molecule has 17 heavy (non-hydrogen) atoms. The van der Waals surface area contributed by atoms with E-state index < -0.39 is 0 Å². The molecule has 0 bridgehead atoms. The monoisotopic (exact) mass is 233 g/mol. The third-order valence-electron chi connectivity index (χ3n) is 3.41. The van der Waals surface area contributed by atoms with Crippen LogP contribution in [0.1, 0.15) is 36.8 Å². The zero-order chi connectivity index (χ0) is 11.9. The van der Waals surface area contributed by atoms with Gasteiger partial charge in [0.15, 0.2) is 0 Å². The Morgan fingerprint density at radius 3 is 2.76 bits per heavy atom. The average Bonchev–Trinajstić information content (AvgIpc) is 2.38. The van der Waals surface area contributed by atoms with Crippen LogP contribution in [0.3, 0.4) is 0 Å². The molecular formula is C15H23NO. The van der Waals surface area contributed by atoms with Gasteiger partial charge in [-0.25, -0.2) is 0 Å². The second kappa shape index (κ2) is 6.77. The standard InChI is InChI=1S/C15H23NO/c1-13-5-7-14(8-6-13)12-17-11-9-15-4-2-3-10-16-15/h5-8,15-16H,2-4,9-12H2,1H3/t15-/m0/s1. The molecule has 0 spiro atoms. The molecule has 2 nitrogen and oxygen atoms in total. The van der Waals surface area contributed by atoms with Gasteiger partial charge in [-0.3, -0.25) is 0 Å². The highest BCUT2D eigenvalue weighted by Gasteiger charge is 2.11. The summed E-state index contributed by atoms with van der Waals surface area (Å²) in [5.41, 5.74) is 2.58. The number of aryl methyl sites for hydroxylation is 1. The van der Waals surface area contributed by atoms with E-state index in [4.69, 9.17) is 4.74 Å². The lowest BCUT2D eigenvalue weighted by atomic mass is 10.0. The van der Waals surface area contributed by atoms with E-state index in [2.05, 4.69) is 36.5 Å². The van der Waals surface area contributed by atoms with E-state index in [1.165, 1.54) is 36.9 Å². The van der Waals surface area contributed by atoms with Gasteiger partial charge in [0.1, 0.15) is 0 Å². The predicted molar refractivity (Wildman–Crippen MR) is 71.1 cm³/mol. The Balaban J connectivity index is 1.60. The van der Waals surface area contributed by atoms with Crippen molar-refractivity contribution in [3.05, 3.63) is 35.4 Å². The van der Waals surface area contributed by atoms with Crippen LogP contribution in [0, 0.1) is 6.92 Å². The molecule has 1 N–H and O–H groups in total. The summed E-state index contributed by atoms with van der Waals surface area (Å²) in [6, 6.07) is 9.26. The number of hydrogen-bond acceptors (Lipinski definition) is 2. The molecule has 1 aliphatic heterocycles. The Bertz CT molecular complexity index is 314. The first-order chi connectivity index (χ1) is 8.34. The van der Waals surface area contributed by atoms with Crippen LogP contribution >= 0.6 is 0 Å². The van der Waals surface area contributed by atoms with Gasteiger partial charge < -0.3 is 10.1 Å². The molecule has 0 aromatic heterocycles. The van der Waals surface area contributed by atoms with Crippen molar-refractivity contribution in [3.8, 4) is 0 Å². The maximum atomic E-state index is 5.72. The summed E-state index contributed by atoms with van der Waals surface area (Å²) >= 11 is 0. The van der Waals surface area contributed by atoms with Crippen LogP contribution in [0.15, 0.2) is 24.3 Å². The summed E-state index contributed by atoms with van der Waals surface area (Å²) < 4.78 is 5.72. The minimum absolute atomic E-state index is 0.682. The van der Waals surface area contributed by atoms with E-state index in [0.717, 1.165) is 19.6 Å². The quantitative estimate of drug-likeness (QED) is 0.789. The second-order valence-electron chi connectivity index (χ2n) is 4.97. The summed E-state index contributed by atoms with van der Waals surface area (Å²) in [7, 11) is 0. The minimum atomic E-state index is 0.682. The van der Waals surface area contributed by atoms with E-state index in [1.54, 1.807) is 0 Å².